The summed E-state index contributed by atoms with van der Waals surface area (Å²) in [6.45, 7) is 0. The molecule has 0 atom stereocenters. The maximum absolute atomic E-state index is 5.88. The summed E-state index contributed by atoms with van der Waals surface area (Å²) in [5, 5.41) is 1.84. The van der Waals surface area contributed by atoms with E-state index >= 15 is 0 Å². The van der Waals surface area contributed by atoms with Crippen LogP contribution in [0.25, 0.3) is 0 Å². The van der Waals surface area contributed by atoms with Crippen LogP contribution in [0.2, 0.25) is 10.0 Å². The zero-order valence-corrected chi connectivity index (χ0v) is 9.50. The molecule has 0 aliphatic carbocycles. The summed E-state index contributed by atoms with van der Waals surface area (Å²) in [5.41, 5.74) is 0.954. The molecular formula is C8H7BrCl2O. The molecule has 1 nitrogen and oxygen atoms in total. The molecule has 0 saturated carbocycles. The molecule has 0 radical (unpaired) electrons. The van der Waals surface area contributed by atoms with Crippen molar-refractivity contribution in [1.82, 2.24) is 0 Å². The normalized spacial score (nSPS) is 10.0. The summed E-state index contributed by atoms with van der Waals surface area (Å²) in [6, 6.07) is 3.48. The third kappa shape index (κ3) is 2.06. The molecule has 0 aliphatic heterocycles. The molecule has 1 rings (SSSR count). The summed E-state index contributed by atoms with van der Waals surface area (Å²) in [6.07, 6.45) is 0. The van der Waals surface area contributed by atoms with Crippen LogP contribution in [0.4, 0.5) is 0 Å². The van der Waals surface area contributed by atoms with Gasteiger partial charge in [0.05, 0.1) is 12.1 Å². The second kappa shape index (κ2) is 4.35. The molecule has 66 valence electrons. The summed E-state index contributed by atoms with van der Waals surface area (Å²) in [4.78, 5) is 0. The van der Waals surface area contributed by atoms with E-state index in [-0.39, 0.29) is 0 Å². The molecule has 0 bridgehead atoms. The third-order valence-corrected chi connectivity index (χ3v) is 2.54. The quantitative estimate of drug-likeness (QED) is 0.740. The Labute approximate surface area is 89.7 Å². The highest BCUT2D eigenvalue weighted by Gasteiger charge is 2.07. The highest BCUT2D eigenvalue weighted by molar-refractivity contribution is 9.08. The first-order chi connectivity index (χ1) is 5.69. The van der Waals surface area contributed by atoms with Gasteiger partial charge in [-0.1, -0.05) is 39.1 Å². The van der Waals surface area contributed by atoms with Crippen LogP contribution < -0.4 is 4.74 Å². The molecule has 4 heteroatoms. The molecular weight excluding hydrogens is 263 g/mol. The molecule has 0 spiro atoms. The number of benzene rings is 1. The van der Waals surface area contributed by atoms with Crippen LogP contribution >= 0.6 is 39.1 Å². The number of rotatable bonds is 2. The van der Waals surface area contributed by atoms with Gasteiger partial charge in [-0.05, 0) is 12.1 Å². The average Bonchev–Trinajstić information content (AvgIpc) is 2.03. The molecule has 0 aromatic heterocycles. The van der Waals surface area contributed by atoms with Crippen molar-refractivity contribution in [3.8, 4) is 5.75 Å². The lowest BCUT2D eigenvalue weighted by Crippen LogP contribution is -1.90. The predicted octanol–water partition coefficient (Wildman–Crippen LogP) is 3.90. The van der Waals surface area contributed by atoms with E-state index in [0.29, 0.717) is 21.1 Å². The molecule has 1 aromatic rings. The molecule has 0 N–H and O–H groups in total. The first-order valence-electron chi connectivity index (χ1n) is 3.27. The Kier molecular flexibility index (Phi) is 3.69. The van der Waals surface area contributed by atoms with Crippen LogP contribution in [-0.4, -0.2) is 7.11 Å². The maximum atomic E-state index is 5.88. The topological polar surface area (TPSA) is 9.23 Å². The van der Waals surface area contributed by atoms with Crippen molar-refractivity contribution < 1.29 is 4.74 Å². The Morgan fingerprint density at radius 2 is 2.08 bits per heavy atom. The lowest BCUT2D eigenvalue weighted by molar-refractivity contribution is 0.411. The number of methoxy groups -OCH3 is 1. The number of hydrogen-bond donors (Lipinski definition) is 0. The zero-order chi connectivity index (χ0) is 9.14. The van der Waals surface area contributed by atoms with Gasteiger partial charge in [-0.25, -0.2) is 0 Å². The van der Waals surface area contributed by atoms with Crippen molar-refractivity contribution in [2.75, 3.05) is 7.11 Å². The second-order valence-electron chi connectivity index (χ2n) is 2.21. The SMILES string of the molecule is COc1c(Cl)cc(Cl)cc1CBr. The number of alkyl halides is 1. The van der Waals surface area contributed by atoms with Gasteiger partial charge in [-0.3, -0.25) is 0 Å². The van der Waals surface area contributed by atoms with Gasteiger partial charge in [0.15, 0.2) is 0 Å². The number of halogens is 3. The molecule has 1 aromatic carbocycles. The van der Waals surface area contributed by atoms with E-state index in [1.165, 1.54) is 0 Å². The van der Waals surface area contributed by atoms with E-state index in [2.05, 4.69) is 15.9 Å². The van der Waals surface area contributed by atoms with Crippen LogP contribution in [0, 0.1) is 0 Å². The zero-order valence-electron chi connectivity index (χ0n) is 6.40. The fourth-order valence-electron chi connectivity index (χ4n) is 0.942. The van der Waals surface area contributed by atoms with E-state index in [4.69, 9.17) is 27.9 Å². The molecule has 0 fully saturated rings. The Morgan fingerprint density at radius 3 is 2.58 bits per heavy atom. The van der Waals surface area contributed by atoms with E-state index in [1.807, 2.05) is 6.07 Å². The van der Waals surface area contributed by atoms with Gasteiger partial charge in [0, 0.05) is 15.9 Å². The minimum absolute atomic E-state index is 0.541. The predicted molar refractivity (Wildman–Crippen MR) is 55.6 cm³/mol. The number of hydrogen-bond acceptors (Lipinski definition) is 1. The minimum atomic E-state index is 0.541. The van der Waals surface area contributed by atoms with Crippen LogP contribution in [0.5, 0.6) is 5.75 Å². The number of ether oxygens (including phenoxy) is 1. The molecule has 12 heavy (non-hydrogen) atoms. The van der Waals surface area contributed by atoms with E-state index in [9.17, 15) is 0 Å². The van der Waals surface area contributed by atoms with Gasteiger partial charge in [0.1, 0.15) is 5.75 Å². The fraction of sp³-hybridized carbons (Fsp3) is 0.250. The summed E-state index contributed by atoms with van der Waals surface area (Å²) in [7, 11) is 1.58. The van der Waals surface area contributed by atoms with Crippen molar-refractivity contribution in [3.63, 3.8) is 0 Å². The summed E-state index contributed by atoms with van der Waals surface area (Å²) < 4.78 is 5.10. The van der Waals surface area contributed by atoms with Gasteiger partial charge in [0.25, 0.3) is 0 Å². The van der Waals surface area contributed by atoms with Gasteiger partial charge in [-0.2, -0.15) is 0 Å². The first kappa shape index (κ1) is 10.2. The molecule has 0 heterocycles. The van der Waals surface area contributed by atoms with Crippen molar-refractivity contribution in [1.29, 1.82) is 0 Å². The lowest BCUT2D eigenvalue weighted by Gasteiger charge is -2.08. The Balaban J connectivity index is 3.24. The van der Waals surface area contributed by atoms with E-state index < -0.39 is 0 Å². The van der Waals surface area contributed by atoms with Crippen LogP contribution in [0.15, 0.2) is 12.1 Å². The maximum Gasteiger partial charge on any atom is 0.141 e. The lowest BCUT2D eigenvalue weighted by atomic mass is 10.2. The molecule has 0 amide bonds. The van der Waals surface area contributed by atoms with Crippen molar-refractivity contribution >= 4 is 39.1 Å². The minimum Gasteiger partial charge on any atom is -0.495 e. The van der Waals surface area contributed by atoms with Crippen LogP contribution in [0.3, 0.4) is 0 Å². The third-order valence-electron chi connectivity index (χ3n) is 1.43. The van der Waals surface area contributed by atoms with Gasteiger partial charge < -0.3 is 4.74 Å². The Hall–Kier alpha value is 0.0800. The van der Waals surface area contributed by atoms with Gasteiger partial charge in [0.2, 0.25) is 0 Å². The van der Waals surface area contributed by atoms with E-state index in [1.54, 1.807) is 13.2 Å². The highest BCUT2D eigenvalue weighted by Crippen LogP contribution is 2.33. The Morgan fingerprint density at radius 1 is 1.42 bits per heavy atom. The van der Waals surface area contributed by atoms with Crippen molar-refractivity contribution in [2.45, 2.75) is 5.33 Å². The molecule has 0 unspecified atom stereocenters. The summed E-state index contributed by atoms with van der Waals surface area (Å²) in [5.74, 6) is 0.679. The highest BCUT2D eigenvalue weighted by atomic mass is 79.9. The summed E-state index contributed by atoms with van der Waals surface area (Å²) >= 11 is 15.0. The van der Waals surface area contributed by atoms with E-state index in [0.717, 1.165) is 5.56 Å². The monoisotopic (exact) mass is 268 g/mol. The fourth-order valence-corrected chi connectivity index (χ4v) is 1.97. The molecule has 0 aliphatic rings. The standard InChI is InChI=1S/C8H7BrCl2O/c1-12-8-5(4-9)2-6(10)3-7(8)11/h2-3H,4H2,1H3. The van der Waals surface area contributed by atoms with Crippen LogP contribution in [-0.2, 0) is 5.33 Å². The average molecular weight is 270 g/mol. The Bertz CT molecular complexity index is 289. The first-order valence-corrected chi connectivity index (χ1v) is 5.14. The van der Waals surface area contributed by atoms with Gasteiger partial charge in [-0.15, -0.1) is 0 Å². The van der Waals surface area contributed by atoms with Crippen LogP contribution in [0.1, 0.15) is 5.56 Å². The second-order valence-corrected chi connectivity index (χ2v) is 3.62. The largest absolute Gasteiger partial charge is 0.495 e. The van der Waals surface area contributed by atoms with Gasteiger partial charge >= 0.3 is 0 Å². The van der Waals surface area contributed by atoms with Crippen molar-refractivity contribution in [2.24, 2.45) is 0 Å². The smallest absolute Gasteiger partial charge is 0.141 e. The molecule has 0 saturated heterocycles. The van der Waals surface area contributed by atoms with Crippen molar-refractivity contribution in [3.05, 3.63) is 27.7 Å².